The molecule has 1 N–H and O–H groups in total. The van der Waals surface area contributed by atoms with Gasteiger partial charge in [0.2, 0.25) is 5.91 Å². The predicted octanol–water partition coefficient (Wildman–Crippen LogP) is 5.03. The number of nitrogens with one attached hydrogen (secondary N) is 1. The monoisotopic (exact) mass is 386 g/mol. The van der Waals surface area contributed by atoms with E-state index in [-0.39, 0.29) is 5.91 Å². The van der Waals surface area contributed by atoms with E-state index in [2.05, 4.69) is 10.5 Å². The van der Waals surface area contributed by atoms with E-state index in [0.717, 1.165) is 5.56 Å². The van der Waals surface area contributed by atoms with Crippen molar-refractivity contribution in [1.82, 2.24) is 5.43 Å². The number of hydrogen-bond donors (Lipinski definition) is 1. The van der Waals surface area contributed by atoms with Crippen molar-refractivity contribution >= 4 is 58.7 Å². The molecule has 0 aliphatic carbocycles. The van der Waals surface area contributed by atoms with Crippen LogP contribution in [0.1, 0.15) is 11.1 Å². The van der Waals surface area contributed by atoms with E-state index in [1.54, 1.807) is 18.2 Å². The number of rotatable bonds is 6. The molecule has 2 aromatic carbocycles. The molecule has 0 aliphatic rings. The lowest BCUT2D eigenvalue weighted by atomic mass is 10.2. The Kier molecular flexibility index (Phi) is 7.24. The second-order valence-corrected chi connectivity index (χ2v) is 6.79. The molecular weight excluding hydrogens is 375 g/mol. The Hall–Kier alpha value is -1.20. The minimum atomic E-state index is -0.198. The zero-order valence-electron chi connectivity index (χ0n) is 11.9. The molecule has 3 nitrogen and oxygen atoms in total. The third-order valence-corrected chi connectivity index (χ3v) is 4.67. The fourth-order valence-electron chi connectivity index (χ4n) is 1.72. The van der Waals surface area contributed by atoms with Crippen molar-refractivity contribution in [2.75, 3.05) is 5.75 Å². The van der Waals surface area contributed by atoms with Crippen LogP contribution in [0.15, 0.2) is 47.6 Å². The van der Waals surface area contributed by atoms with Crippen LogP contribution < -0.4 is 5.43 Å². The van der Waals surface area contributed by atoms with Gasteiger partial charge in [-0.2, -0.15) is 5.10 Å². The molecule has 0 saturated heterocycles. The van der Waals surface area contributed by atoms with Gasteiger partial charge >= 0.3 is 0 Å². The molecule has 0 aliphatic heterocycles. The largest absolute Gasteiger partial charge is 0.272 e. The van der Waals surface area contributed by atoms with E-state index in [0.29, 0.717) is 32.1 Å². The van der Waals surface area contributed by atoms with Gasteiger partial charge in [-0.3, -0.25) is 4.79 Å². The standard InChI is InChI=1S/C16H13Cl3N2OS/c17-12-4-1-3-11(7-12)9-23-10-16(22)21-20-8-13-14(18)5-2-6-15(13)19/h1-8H,9-10H2,(H,21,22)/b20-8-. The Labute approximate surface area is 154 Å². The maximum absolute atomic E-state index is 11.7. The number of carbonyl (C=O) groups is 1. The number of nitrogens with zero attached hydrogens (tertiary/aromatic N) is 1. The molecule has 23 heavy (non-hydrogen) atoms. The van der Waals surface area contributed by atoms with Gasteiger partial charge < -0.3 is 0 Å². The van der Waals surface area contributed by atoms with E-state index >= 15 is 0 Å². The van der Waals surface area contributed by atoms with Crippen molar-refractivity contribution in [1.29, 1.82) is 0 Å². The molecule has 0 spiro atoms. The quantitative estimate of drug-likeness (QED) is 0.558. The van der Waals surface area contributed by atoms with Gasteiger partial charge in [0.15, 0.2) is 0 Å². The first kappa shape index (κ1) is 18.1. The van der Waals surface area contributed by atoms with E-state index in [9.17, 15) is 4.79 Å². The summed E-state index contributed by atoms with van der Waals surface area (Å²) in [6, 6.07) is 12.7. The Morgan fingerprint density at radius 1 is 1.13 bits per heavy atom. The first-order valence-electron chi connectivity index (χ1n) is 6.64. The molecule has 2 rings (SSSR count). The molecule has 1 amide bonds. The first-order chi connectivity index (χ1) is 11.1. The highest BCUT2D eigenvalue weighted by molar-refractivity contribution is 7.99. The third-order valence-electron chi connectivity index (χ3n) is 2.77. The summed E-state index contributed by atoms with van der Waals surface area (Å²) < 4.78 is 0. The Bertz CT molecular complexity index is 702. The second-order valence-electron chi connectivity index (χ2n) is 4.55. The number of amides is 1. The Balaban J connectivity index is 1.78. The van der Waals surface area contributed by atoms with Crippen LogP contribution in [0.2, 0.25) is 15.1 Å². The molecule has 0 atom stereocenters. The molecule has 0 bridgehead atoms. The van der Waals surface area contributed by atoms with Crippen molar-refractivity contribution in [2.45, 2.75) is 5.75 Å². The van der Waals surface area contributed by atoms with Crippen LogP contribution in [0.25, 0.3) is 0 Å². The topological polar surface area (TPSA) is 41.5 Å². The van der Waals surface area contributed by atoms with Crippen molar-refractivity contribution in [2.24, 2.45) is 5.10 Å². The van der Waals surface area contributed by atoms with Crippen molar-refractivity contribution in [3.8, 4) is 0 Å². The van der Waals surface area contributed by atoms with E-state index < -0.39 is 0 Å². The smallest absolute Gasteiger partial charge is 0.250 e. The zero-order valence-corrected chi connectivity index (χ0v) is 15.0. The summed E-state index contributed by atoms with van der Waals surface area (Å²) in [5, 5.41) is 5.52. The average molecular weight is 388 g/mol. The predicted molar refractivity (Wildman–Crippen MR) is 99.8 cm³/mol. The van der Waals surface area contributed by atoms with Gasteiger partial charge in [-0.15, -0.1) is 11.8 Å². The minimum Gasteiger partial charge on any atom is -0.272 e. The van der Waals surface area contributed by atoms with Crippen molar-refractivity contribution in [3.63, 3.8) is 0 Å². The van der Waals surface area contributed by atoms with Crippen LogP contribution in [0.4, 0.5) is 0 Å². The van der Waals surface area contributed by atoms with Gasteiger partial charge in [-0.1, -0.05) is 53.0 Å². The van der Waals surface area contributed by atoms with Crippen LogP contribution in [-0.4, -0.2) is 17.9 Å². The fraction of sp³-hybridized carbons (Fsp3) is 0.125. The summed E-state index contributed by atoms with van der Waals surface area (Å²) in [4.78, 5) is 11.7. The second kappa shape index (κ2) is 9.18. The summed E-state index contributed by atoms with van der Waals surface area (Å²) in [5.74, 6) is 0.796. The highest BCUT2D eigenvalue weighted by Gasteiger charge is 2.04. The normalized spacial score (nSPS) is 10.9. The lowest BCUT2D eigenvalue weighted by Gasteiger charge is -2.03. The average Bonchev–Trinajstić information content (AvgIpc) is 2.50. The number of thioether (sulfide) groups is 1. The Morgan fingerprint density at radius 2 is 1.83 bits per heavy atom. The van der Waals surface area contributed by atoms with Crippen LogP contribution in [0, 0.1) is 0 Å². The number of benzene rings is 2. The van der Waals surface area contributed by atoms with Gasteiger partial charge in [-0.05, 0) is 29.8 Å². The van der Waals surface area contributed by atoms with Crippen LogP contribution in [-0.2, 0) is 10.5 Å². The Morgan fingerprint density at radius 3 is 2.52 bits per heavy atom. The molecule has 0 aromatic heterocycles. The van der Waals surface area contributed by atoms with Gasteiger partial charge in [0.1, 0.15) is 0 Å². The van der Waals surface area contributed by atoms with Gasteiger partial charge in [0, 0.05) is 16.3 Å². The summed E-state index contributed by atoms with van der Waals surface area (Å²) in [6.45, 7) is 0. The van der Waals surface area contributed by atoms with Crippen molar-refractivity contribution < 1.29 is 4.79 Å². The highest BCUT2D eigenvalue weighted by atomic mass is 35.5. The molecule has 2 aromatic rings. The van der Waals surface area contributed by atoms with Crippen LogP contribution >= 0.6 is 46.6 Å². The third kappa shape index (κ3) is 6.07. The molecule has 7 heteroatoms. The summed E-state index contributed by atoms with van der Waals surface area (Å²) in [5.41, 5.74) is 4.09. The lowest BCUT2D eigenvalue weighted by Crippen LogP contribution is -2.19. The molecule has 120 valence electrons. The minimum absolute atomic E-state index is 0.198. The van der Waals surface area contributed by atoms with Gasteiger partial charge in [0.05, 0.1) is 22.0 Å². The number of halogens is 3. The van der Waals surface area contributed by atoms with E-state index in [4.69, 9.17) is 34.8 Å². The molecule has 0 heterocycles. The highest BCUT2D eigenvalue weighted by Crippen LogP contribution is 2.22. The summed E-state index contributed by atoms with van der Waals surface area (Å²) in [7, 11) is 0. The molecule has 0 fully saturated rings. The number of hydrogen-bond acceptors (Lipinski definition) is 3. The van der Waals surface area contributed by atoms with Crippen LogP contribution in [0.5, 0.6) is 0 Å². The number of hydrazone groups is 1. The van der Waals surface area contributed by atoms with Crippen molar-refractivity contribution in [3.05, 3.63) is 68.7 Å². The van der Waals surface area contributed by atoms with Gasteiger partial charge in [0.25, 0.3) is 0 Å². The SMILES string of the molecule is O=C(CSCc1cccc(Cl)c1)N/N=C\c1c(Cl)cccc1Cl. The molecule has 0 saturated carbocycles. The fourth-order valence-corrected chi connectivity index (χ4v) is 3.20. The maximum atomic E-state index is 11.7. The molecule has 0 unspecified atom stereocenters. The lowest BCUT2D eigenvalue weighted by molar-refractivity contribution is -0.118. The first-order valence-corrected chi connectivity index (χ1v) is 8.93. The number of carbonyl (C=O) groups excluding carboxylic acids is 1. The molecular formula is C16H13Cl3N2OS. The zero-order chi connectivity index (χ0) is 16.7. The maximum Gasteiger partial charge on any atom is 0.250 e. The van der Waals surface area contributed by atoms with E-state index in [1.807, 2.05) is 24.3 Å². The van der Waals surface area contributed by atoms with Gasteiger partial charge in [-0.25, -0.2) is 5.43 Å². The summed E-state index contributed by atoms with van der Waals surface area (Å²) in [6.07, 6.45) is 1.43. The summed E-state index contributed by atoms with van der Waals surface area (Å²) >= 11 is 19.4. The van der Waals surface area contributed by atoms with E-state index in [1.165, 1.54) is 18.0 Å². The van der Waals surface area contributed by atoms with Crippen LogP contribution in [0.3, 0.4) is 0 Å². The molecule has 0 radical (unpaired) electrons.